The number of carboxylic acid groups (broad SMARTS) is 1. The van der Waals surface area contributed by atoms with Gasteiger partial charge in [-0.15, -0.1) is 11.8 Å². The van der Waals surface area contributed by atoms with Gasteiger partial charge in [0, 0.05) is 22.8 Å². The summed E-state index contributed by atoms with van der Waals surface area (Å²) in [5.74, 6) is -1.99. The van der Waals surface area contributed by atoms with E-state index in [1.807, 2.05) is 29.2 Å². The Bertz CT molecular complexity index is 1370. The van der Waals surface area contributed by atoms with Gasteiger partial charge >= 0.3 is 5.97 Å². The largest absolute Gasteiger partial charge is 0.478 e. The van der Waals surface area contributed by atoms with Crippen LogP contribution in [0.1, 0.15) is 32.7 Å². The lowest BCUT2D eigenvalue weighted by atomic mass is 10.0. The minimum Gasteiger partial charge on any atom is -0.478 e. The molecular weight excluding hydrogens is 566 g/mol. The summed E-state index contributed by atoms with van der Waals surface area (Å²) in [6.45, 7) is 0.695. The number of amides is 2. The number of carbonyl (C=O) groups is 3. The van der Waals surface area contributed by atoms with Gasteiger partial charge in [-0.05, 0) is 48.7 Å². The van der Waals surface area contributed by atoms with Crippen molar-refractivity contribution in [2.24, 2.45) is 0 Å². The highest BCUT2D eigenvalue weighted by Gasteiger charge is 2.29. The number of carboxylic acids is 1. The Kier molecular flexibility index (Phi) is 8.37. The summed E-state index contributed by atoms with van der Waals surface area (Å²) in [5, 5.41) is 11.0. The number of aromatic carboxylic acids is 1. The molecule has 6 nitrogen and oxygen atoms in total. The van der Waals surface area contributed by atoms with Crippen LogP contribution in [0.15, 0.2) is 53.4 Å². The van der Waals surface area contributed by atoms with Crippen LogP contribution < -0.4 is 10.2 Å². The Morgan fingerprint density at radius 1 is 0.889 bits per heavy atom. The quantitative estimate of drug-likeness (QED) is 0.180. The van der Waals surface area contributed by atoms with Crippen LogP contribution in [0.25, 0.3) is 0 Å². The first-order valence-electron chi connectivity index (χ1n) is 10.7. The van der Waals surface area contributed by atoms with Gasteiger partial charge in [-0.2, -0.15) is 0 Å². The number of nitrogens with one attached hydrogen (secondary N) is 1. The average Bonchev–Trinajstić information content (AvgIpc) is 2.88. The molecule has 1 aliphatic rings. The number of aryl methyl sites for hydroxylation is 1. The van der Waals surface area contributed by atoms with Crippen LogP contribution in [0.2, 0.25) is 20.1 Å². The van der Waals surface area contributed by atoms with Crippen LogP contribution >= 0.6 is 58.2 Å². The molecule has 2 amide bonds. The minimum atomic E-state index is -1.47. The summed E-state index contributed by atoms with van der Waals surface area (Å²) in [6.07, 6.45) is 1.90. The van der Waals surface area contributed by atoms with Gasteiger partial charge in [-0.3, -0.25) is 9.59 Å². The summed E-state index contributed by atoms with van der Waals surface area (Å²) >= 11 is 25.5. The number of hydrogen-bond donors (Lipinski definition) is 2. The number of rotatable bonds is 6. The van der Waals surface area contributed by atoms with Crippen molar-refractivity contribution in [1.82, 2.24) is 0 Å². The van der Waals surface area contributed by atoms with Gasteiger partial charge < -0.3 is 15.3 Å². The lowest BCUT2D eigenvalue weighted by molar-refractivity contribution is -0.116. The first-order chi connectivity index (χ1) is 17.2. The molecule has 1 heterocycles. The molecule has 0 unspecified atom stereocenters. The van der Waals surface area contributed by atoms with Crippen molar-refractivity contribution in [1.29, 1.82) is 0 Å². The first kappa shape index (κ1) is 26.6. The number of anilines is 2. The van der Waals surface area contributed by atoms with E-state index in [4.69, 9.17) is 46.4 Å². The topological polar surface area (TPSA) is 86.7 Å². The fraction of sp³-hybridized carbons (Fsp3) is 0.160. The Labute approximate surface area is 231 Å². The van der Waals surface area contributed by atoms with E-state index in [1.165, 1.54) is 17.3 Å². The highest BCUT2D eigenvalue weighted by atomic mass is 35.5. The molecule has 36 heavy (non-hydrogen) atoms. The van der Waals surface area contributed by atoms with Crippen molar-refractivity contribution < 1.29 is 19.5 Å². The van der Waals surface area contributed by atoms with E-state index < -0.39 is 23.0 Å². The summed E-state index contributed by atoms with van der Waals surface area (Å²) in [5.41, 5.74) is 1.59. The number of fused-ring (bicyclic) bond motifs is 1. The third kappa shape index (κ3) is 5.45. The van der Waals surface area contributed by atoms with Crippen LogP contribution in [0.4, 0.5) is 11.4 Å². The maximum absolute atomic E-state index is 12.9. The average molecular weight is 584 g/mol. The second-order valence-corrected chi connectivity index (χ2v) is 10.4. The van der Waals surface area contributed by atoms with Gasteiger partial charge in [0.1, 0.15) is 0 Å². The smallest absolute Gasteiger partial charge is 0.338 e. The van der Waals surface area contributed by atoms with E-state index in [-0.39, 0.29) is 31.8 Å². The molecule has 0 saturated heterocycles. The summed E-state index contributed by atoms with van der Waals surface area (Å²) in [7, 11) is 0. The van der Waals surface area contributed by atoms with Crippen molar-refractivity contribution in [2.75, 3.05) is 22.5 Å². The number of halogens is 4. The highest BCUT2D eigenvalue weighted by molar-refractivity contribution is 8.00. The molecule has 0 aliphatic carbocycles. The van der Waals surface area contributed by atoms with Crippen molar-refractivity contribution >= 4 is 87.3 Å². The number of thioether (sulfide) groups is 1. The van der Waals surface area contributed by atoms with Gasteiger partial charge in [0.2, 0.25) is 5.91 Å². The van der Waals surface area contributed by atoms with E-state index in [1.54, 1.807) is 24.3 Å². The second-order valence-electron chi connectivity index (χ2n) is 7.86. The maximum atomic E-state index is 12.9. The fourth-order valence-corrected chi connectivity index (χ4v) is 5.68. The standard InChI is InChI=1S/C25H18Cl4N2O4S/c26-20-18(19(25(34)35)21(27)23(29)22(20)28)24(33)30-14-7-9-15(10-8-14)36-12-17(32)31-11-3-5-13-4-1-2-6-16(13)31/h1-2,4,6-10H,3,5,11-12H2,(H,30,33)(H,34,35). The molecule has 186 valence electrons. The Balaban J connectivity index is 1.44. The Hall–Kier alpha value is -2.42. The number of benzene rings is 3. The molecule has 0 saturated carbocycles. The molecule has 0 spiro atoms. The van der Waals surface area contributed by atoms with Crippen LogP contribution in [0.5, 0.6) is 0 Å². The molecule has 0 fully saturated rings. The van der Waals surface area contributed by atoms with E-state index in [9.17, 15) is 19.5 Å². The van der Waals surface area contributed by atoms with Gasteiger partial charge in [-0.25, -0.2) is 4.79 Å². The molecule has 0 aromatic heterocycles. The number of para-hydroxylation sites is 1. The lowest BCUT2D eigenvalue weighted by Gasteiger charge is -2.29. The van der Waals surface area contributed by atoms with E-state index in [2.05, 4.69) is 5.32 Å². The third-order valence-corrected chi connectivity index (χ3v) is 8.39. The van der Waals surface area contributed by atoms with Gasteiger partial charge in [0.15, 0.2) is 0 Å². The highest BCUT2D eigenvalue weighted by Crippen LogP contribution is 2.42. The Morgan fingerprint density at radius 2 is 1.53 bits per heavy atom. The van der Waals surface area contributed by atoms with Gasteiger partial charge in [0.25, 0.3) is 5.91 Å². The van der Waals surface area contributed by atoms with Crippen LogP contribution in [-0.4, -0.2) is 35.2 Å². The van der Waals surface area contributed by atoms with E-state index in [0.717, 1.165) is 23.4 Å². The van der Waals surface area contributed by atoms with Crippen LogP contribution in [0.3, 0.4) is 0 Å². The molecule has 3 aromatic carbocycles. The van der Waals surface area contributed by atoms with Crippen molar-refractivity contribution in [3.05, 3.63) is 85.3 Å². The zero-order valence-corrected chi connectivity index (χ0v) is 22.3. The normalized spacial score (nSPS) is 12.7. The van der Waals surface area contributed by atoms with Gasteiger partial charge in [0.05, 0.1) is 37.0 Å². The molecular formula is C25H18Cl4N2O4S. The van der Waals surface area contributed by atoms with Crippen molar-refractivity contribution in [3.8, 4) is 0 Å². The number of carbonyl (C=O) groups excluding carboxylic acids is 2. The van der Waals surface area contributed by atoms with Crippen LogP contribution in [0, 0.1) is 0 Å². The predicted octanol–water partition coefficient (Wildman–Crippen LogP) is 7.32. The molecule has 2 N–H and O–H groups in total. The summed E-state index contributed by atoms with van der Waals surface area (Å²) < 4.78 is 0. The van der Waals surface area contributed by atoms with Gasteiger partial charge in [-0.1, -0.05) is 64.6 Å². The maximum Gasteiger partial charge on any atom is 0.338 e. The lowest BCUT2D eigenvalue weighted by Crippen LogP contribution is -2.36. The molecule has 0 bridgehead atoms. The molecule has 1 aliphatic heterocycles. The predicted molar refractivity (Wildman–Crippen MR) is 146 cm³/mol. The molecule has 0 atom stereocenters. The Morgan fingerprint density at radius 3 is 2.19 bits per heavy atom. The van der Waals surface area contributed by atoms with Crippen molar-refractivity contribution in [2.45, 2.75) is 17.7 Å². The van der Waals surface area contributed by atoms with Crippen molar-refractivity contribution in [3.63, 3.8) is 0 Å². The second kappa shape index (κ2) is 11.3. The third-order valence-electron chi connectivity index (χ3n) is 5.59. The first-order valence-corrected chi connectivity index (χ1v) is 13.2. The molecule has 4 rings (SSSR count). The minimum absolute atomic E-state index is 0.0249. The summed E-state index contributed by atoms with van der Waals surface area (Å²) in [4.78, 5) is 40.1. The van der Waals surface area contributed by atoms with E-state index >= 15 is 0 Å². The SMILES string of the molecule is O=C(O)c1c(Cl)c(Cl)c(Cl)c(Cl)c1C(=O)Nc1ccc(SCC(=O)N2CCCc3ccccc32)cc1. The molecule has 3 aromatic rings. The fourth-order valence-electron chi connectivity index (χ4n) is 3.89. The number of nitrogens with zero attached hydrogens (tertiary/aromatic N) is 1. The van der Waals surface area contributed by atoms with E-state index in [0.29, 0.717) is 12.2 Å². The monoisotopic (exact) mass is 582 g/mol. The zero-order valence-electron chi connectivity index (χ0n) is 18.5. The molecule has 11 heteroatoms. The van der Waals surface area contributed by atoms with Crippen LogP contribution in [-0.2, 0) is 11.2 Å². The summed E-state index contributed by atoms with van der Waals surface area (Å²) in [6, 6.07) is 14.7. The number of hydrogen-bond acceptors (Lipinski definition) is 4. The molecule has 0 radical (unpaired) electrons. The zero-order chi connectivity index (χ0) is 26.0.